The Morgan fingerprint density at radius 1 is 1.50 bits per heavy atom. The summed E-state index contributed by atoms with van der Waals surface area (Å²) in [6.07, 6.45) is 0. The van der Waals surface area contributed by atoms with Gasteiger partial charge in [-0.25, -0.2) is 4.39 Å². The van der Waals surface area contributed by atoms with Crippen molar-refractivity contribution in [2.75, 3.05) is 26.9 Å². The van der Waals surface area contributed by atoms with Crippen LogP contribution in [-0.2, 0) is 11.3 Å². The smallest absolute Gasteiger partial charge is 0.165 e. The summed E-state index contributed by atoms with van der Waals surface area (Å²) in [5.74, 6) is -0.192. The fraction of sp³-hybridized carbons (Fsp3) is 0.385. The van der Waals surface area contributed by atoms with E-state index < -0.39 is 5.82 Å². The number of para-hydroxylation sites is 1. The molecule has 0 aliphatic rings. The summed E-state index contributed by atoms with van der Waals surface area (Å²) in [6, 6.07) is 4.80. The molecule has 0 saturated heterocycles. The Balaban J connectivity index is 2.64. The van der Waals surface area contributed by atoms with E-state index in [1.165, 1.54) is 6.07 Å². The Bertz CT molecular complexity index is 399. The van der Waals surface area contributed by atoms with Crippen LogP contribution in [0.15, 0.2) is 29.8 Å². The van der Waals surface area contributed by atoms with Crippen LogP contribution in [0.1, 0.15) is 5.56 Å². The lowest BCUT2D eigenvalue weighted by atomic mass is 10.2. The minimum Gasteiger partial charge on any atom is -0.485 e. The summed E-state index contributed by atoms with van der Waals surface area (Å²) in [5.41, 5.74) is 0.740. The predicted molar refractivity (Wildman–Crippen MR) is 70.5 cm³/mol. The molecule has 0 atom stereocenters. The minimum absolute atomic E-state index is 0.0908. The van der Waals surface area contributed by atoms with Crippen molar-refractivity contribution in [3.8, 4) is 5.75 Å². The van der Waals surface area contributed by atoms with Gasteiger partial charge in [0.25, 0.3) is 0 Å². The molecule has 0 radical (unpaired) electrons. The monoisotopic (exact) mass is 273 g/mol. The van der Waals surface area contributed by atoms with Crippen molar-refractivity contribution < 1.29 is 13.9 Å². The second-order valence-electron chi connectivity index (χ2n) is 3.70. The van der Waals surface area contributed by atoms with Crippen LogP contribution >= 0.6 is 11.6 Å². The fourth-order valence-corrected chi connectivity index (χ4v) is 1.46. The van der Waals surface area contributed by atoms with Gasteiger partial charge >= 0.3 is 0 Å². The molecular weight excluding hydrogens is 257 g/mol. The molecule has 0 spiro atoms. The number of nitrogens with one attached hydrogen (secondary N) is 1. The molecule has 0 aliphatic heterocycles. The highest BCUT2D eigenvalue weighted by Gasteiger charge is 2.09. The molecule has 5 heteroatoms. The molecule has 0 bridgehead atoms. The first-order chi connectivity index (χ1) is 8.65. The van der Waals surface area contributed by atoms with Crippen molar-refractivity contribution in [1.29, 1.82) is 0 Å². The van der Waals surface area contributed by atoms with Gasteiger partial charge in [-0.05, 0) is 6.07 Å². The van der Waals surface area contributed by atoms with Crippen molar-refractivity contribution in [3.05, 3.63) is 41.2 Å². The first kappa shape index (κ1) is 15.0. The molecule has 0 aromatic heterocycles. The minimum atomic E-state index is -0.404. The third-order valence-corrected chi connectivity index (χ3v) is 2.33. The molecule has 3 nitrogen and oxygen atoms in total. The number of ether oxygens (including phenoxy) is 2. The van der Waals surface area contributed by atoms with Gasteiger partial charge in [-0.2, -0.15) is 0 Å². The van der Waals surface area contributed by atoms with Crippen molar-refractivity contribution in [3.63, 3.8) is 0 Å². The van der Waals surface area contributed by atoms with Gasteiger partial charge in [0.1, 0.15) is 6.61 Å². The van der Waals surface area contributed by atoms with E-state index in [1.807, 2.05) is 0 Å². The summed E-state index contributed by atoms with van der Waals surface area (Å²) in [4.78, 5) is 0. The normalized spacial score (nSPS) is 10.4. The van der Waals surface area contributed by atoms with Crippen LogP contribution in [0.4, 0.5) is 4.39 Å². The number of benzene rings is 1. The number of hydrogen-bond donors (Lipinski definition) is 1. The van der Waals surface area contributed by atoms with Crippen LogP contribution < -0.4 is 10.1 Å². The zero-order valence-corrected chi connectivity index (χ0v) is 11.1. The van der Waals surface area contributed by atoms with Gasteiger partial charge in [-0.15, -0.1) is 0 Å². The highest BCUT2D eigenvalue weighted by molar-refractivity contribution is 6.29. The van der Waals surface area contributed by atoms with E-state index in [2.05, 4.69) is 11.9 Å². The van der Waals surface area contributed by atoms with Crippen LogP contribution in [0.5, 0.6) is 5.75 Å². The van der Waals surface area contributed by atoms with Crippen LogP contribution in [0.3, 0.4) is 0 Å². The highest BCUT2D eigenvalue weighted by Crippen LogP contribution is 2.23. The Labute approximate surface area is 112 Å². The molecule has 0 fully saturated rings. The first-order valence-electron chi connectivity index (χ1n) is 5.58. The van der Waals surface area contributed by atoms with E-state index in [9.17, 15) is 4.39 Å². The summed E-state index contributed by atoms with van der Waals surface area (Å²) >= 11 is 5.60. The number of hydrogen-bond acceptors (Lipinski definition) is 3. The van der Waals surface area contributed by atoms with E-state index in [0.29, 0.717) is 24.7 Å². The predicted octanol–water partition coefficient (Wildman–Crippen LogP) is 2.69. The molecule has 1 aromatic carbocycles. The fourth-order valence-electron chi connectivity index (χ4n) is 1.40. The molecule has 1 aromatic rings. The van der Waals surface area contributed by atoms with Crippen molar-refractivity contribution >= 4 is 11.6 Å². The van der Waals surface area contributed by atoms with E-state index in [4.69, 9.17) is 21.1 Å². The van der Waals surface area contributed by atoms with Crippen molar-refractivity contribution in [1.82, 2.24) is 5.32 Å². The van der Waals surface area contributed by atoms with Crippen molar-refractivity contribution in [2.45, 2.75) is 6.54 Å². The lowest BCUT2D eigenvalue weighted by Crippen LogP contribution is -2.19. The van der Waals surface area contributed by atoms with Crippen LogP contribution in [0, 0.1) is 5.82 Å². The van der Waals surface area contributed by atoms with Crippen molar-refractivity contribution in [2.24, 2.45) is 0 Å². The average molecular weight is 274 g/mol. The molecule has 0 heterocycles. The highest BCUT2D eigenvalue weighted by atomic mass is 35.5. The van der Waals surface area contributed by atoms with Gasteiger partial charge in [0, 0.05) is 30.8 Å². The Morgan fingerprint density at radius 2 is 2.28 bits per heavy atom. The molecule has 0 amide bonds. The zero-order chi connectivity index (χ0) is 13.4. The van der Waals surface area contributed by atoms with Crippen LogP contribution in [0.2, 0.25) is 0 Å². The summed E-state index contributed by atoms with van der Waals surface area (Å²) in [7, 11) is 1.63. The van der Waals surface area contributed by atoms with Crippen LogP contribution in [0.25, 0.3) is 0 Å². The quantitative estimate of drug-likeness (QED) is 0.739. The Hall–Kier alpha value is -1.10. The second-order valence-corrected chi connectivity index (χ2v) is 4.24. The Kier molecular flexibility index (Phi) is 6.72. The zero-order valence-electron chi connectivity index (χ0n) is 10.3. The molecule has 0 aliphatic carbocycles. The third kappa shape index (κ3) is 5.04. The van der Waals surface area contributed by atoms with E-state index in [-0.39, 0.29) is 12.4 Å². The molecule has 18 heavy (non-hydrogen) atoms. The topological polar surface area (TPSA) is 30.5 Å². The van der Waals surface area contributed by atoms with Crippen LogP contribution in [-0.4, -0.2) is 26.9 Å². The first-order valence-corrected chi connectivity index (χ1v) is 5.96. The van der Waals surface area contributed by atoms with Gasteiger partial charge in [-0.1, -0.05) is 30.3 Å². The SMILES string of the molecule is C=C(Cl)COc1c(F)cccc1CNCCOC. The van der Waals surface area contributed by atoms with Gasteiger partial charge in [0.2, 0.25) is 0 Å². The standard InChI is InChI=1S/C13H17ClFNO2/c1-10(14)9-18-13-11(4-3-5-12(13)15)8-16-6-7-17-2/h3-5,16H,1,6-9H2,2H3. The summed E-state index contributed by atoms with van der Waals surface area (Å²) in [6.45, 7) is 5.39. The third-order valence-electron chi connectivity index (χ3n) is 2.22. The van der Waals surface area contributed by atoms with Gasteiger partial charge in [-0.3, -0.25) is 0 Å². The summed E-state index contributed by atoms with van der Waals surface area (Å²) < 4.78 is 23.9. The molecule has 0 saturated carbocycles. The maximum atomic E-state index is 13.6. The number of rotatable bonds is 8. The maximum absolute atomic E-state index is 13.6. The van der Waals surface area contributed by atoms with E-state index >= 15 is 0 Å². The molecular formula is C13H17ClFNO2. The van der Waals surface area contributed by atoms with E-state index in [1.54, 1.807) is 19.2 Å². The number of methoxy groups -OCH3 is 1. The second kappa shape index (κ2) is 8.08. The van der Waals surface area contributed by atoms with E-state index in [0.717, 1.165) is 5.56 Å². The molecule has 1 N–H and O–H groups in total. The van der Waals surface area contributed by atoms with Gasteiger partial charge in [0.05, 0.1) is 6.61 Å². The maximum Gasteiger partial charge on any atom is 0.165 e. The largest absolute Gasteiger partial charge is 0.485 e. The molecule has 0 unspecified atom stereocenters. The summed E-state index contributed by atoms with van der Waals surface area (Å²) in [5, 5.41) is 3.46. The molecule has 1 rings (SSSR count). The lowest BCUT2D eigenvalue weighted by Gasteiger charge is -2.12. The molecule has 100 valence electrons. The lowest BCUT2D eigenvalue weighted by molar-refractivity contribution is 0.199. The average Bonchev–Trinajstić information content (AvgIpc) is 2.33. The van der Waals surface area contributed by atoms with Gasteiger partial charge in [0.15, 0.2) is 11.6 Å². The number of halogens is 2. The Morgan fingerprint density at radius 3 is 2.94 bits per heavy atom. The van der Waals surface area contributed by atoms with Gasteiger partial charge < -0.3 is 14.8 Å².